The maximum absolute atomic E-state index is 8.82. The molecule has 0 saturated carbocycles. The Bertz CT molecular complexity index is 391. The molecule has 0 aliphatic carbocycles. The van der Waals surface area contributed by atoms with Gasteiger partial charge in [-0.1, -0.05) is 24.1 Å². The van der Waals surface area contributed by atoms with E-state index in [1.807, 2.05) is 31.2 Å². The third-order valence-electron chi connectivity index (χ3n) is 1.84. The van der Waals surface area contributed by atoms with Gasteiger partial charge in [-0.3, -0.25) is 0 Å². The second-order valence-corrected chi connectivity index (χ2v) is 2.80. The summed E-state index contributed by atoms with van der Waals surface area (Å²) in [5.74, 6) is 5.72. The van der Waals surface area contributed by atoms with E-state index in [0.29, 0.717) is 13.1 Å². The summed E-state index contributed by atoms with van der Waals surface area (Å²) in [4.78, 5) is 0. The molecule has 0 spiro atoms. The highest BCUT2D eigenvalue weighted by Gasteiger charge is 1.98. The molecule has 0 atom stereocenters. The standard InChI is InChI=1S/C12H12N2/c1-2-3-8-14-10-12-7-5-4-6-11(12)9-13/h4-7,14H,8,10H2,1H3. The Morgan fingerprint density at radius 2 is 2.14 bits per heavy atom. The van der Waals surface area contributed by atoms with Crippen LogP contribution in [0.1, 0.15) is 18.1 Å². The fourth-order valence-corrected chi connectivity index (χ4v) is 1.13. The van der Waals surface area contributed by atoms with Crippen molar-refractivity contribution in [3.63, 3.8) is 0 Å². The summed E-state index contributed by atoms with van der Waals surface area (Å²) < 4.78 is 0. The second kappa shape index (κ2) is 5.80. The molecule has 1 aromatic carbocycles. The van der Waals surface area contributed by atoms with Crippen LogP contribution in [0.4, 0.5) is 0 Å². The van der Waals surface area contributed by atoms with E-state index in [4.69, 9.17) is 5.26 Å². The molecule has 1 aromatic rings. The van der Waals surface area contributed by atoms with Crippen molar-refractivity contribution < 1.29 is 0 Å². The lowest BCUT2D eigenvalue weighted by molar-refractivity contribution is 0.768. The lowest BCUT2D eigenvalue weighted by Gasteiger charge is -2.02. The number of benzene rings is 1. The molecule has 1 rings (SSSR count). The summed E-state index contributed by atoms with van der Waals surface area (Å²) in [6.45, 7) is 3.17. The highest BCUT2D eigenvalue weighted by Crippen LogP contribution is 2.05. The Balaban J connectivity index is 2.57. The van der Waals surface area contributed by atoms with Gasteiger partial charge in [0, 0.05) is 6.54 Å². The van der Waals surface area contributed by atoms with Crippen molar-refractivity contribution in [2.45, 2.75) is 13.5 Å². The molecule has 1 N–H and O–H groups in total. The molecular weight excluding hydrogens is 172 g/mol. The Kier molecular flexibility index (Phi) is 4.27. The van der Waals surface area contributed by atoms with Crippen molar-refractivity contribution in [2.75, 3.05) is 6.54 Å². The molecule has 0 radical (unpaired) electrons. The molecule has 0 aliphatic heterocycles. The van der Waals surface area contributed by atoms with Gasteiger partial charge < -0.3 is 5.32 Å². The van der Waals surface area contributed by atoms with Crippen LogP contribution in [0.2, 0.25) is 0 Å². The fourth-order valence-electron chi connectivity index (χ4n) is 1.13. The molecule has 2 heteroatoms. The van der Waals surface area contributed by atoms with Crippen LogP contribution in [0, 0.1) is 23.2 Å². The number of nitrogens with zero attached hydrogens (tertiary/aromatic N) is 1. The summed E-state index contributed by atoms with van der Waals surface area (Å²) in [6, 6.07) is 9.73. The third kappa shape index (κ3) is 2.94. The van der Waals surface area contributed by atoms with Gasteiger partial charge in [0.1, 0.15) is 0 Å². The predicted molar refractivity (Wildman–Crippen MR) is 56.3 cm³/mol. The van der Waals surface area contributed by atoms with Gasteiger partial charge in [-0.15, -0.1) is 5.92 Å². The van der Waals surface area contributed by atoms with Gasteiger partial charge in [-0.2, -0.15) is 5.26 Å². The van der Waals surface area contributed by atoms with Crippen molar-refractivity contribution in [2.24, 2.45) is 0 Å². The molecule has 0 aromatic heterocycles. The molecule has 0 amide bonds. The first-order valence-electron chi connectivity index (χ1n) is 4.47. The molecule has 2 nitrogen and oxygen atoms in total. The van der Waals surface area contributed by atoms with E-state index in [2.05, 4.69) is 23.2 Å². The molecule has 14 heavy (non-hydrogen) atoms. The first kappa shape index (κ1) is 10.3. The zero-order valence-corrected chi connectivity index (χ0v) is 8.17. The van der Waals surface area contributed by atoms with Gasteiger partial charge in [0.15, 0.2) is 0 Å². The molecule has 0 fully saturated rings. The van der Waals surface area contributed by atoms with Crippen molar-refractivity contribution in [1.29, 1.82) is 5.26 Å². The van der Waals surface area contributed by atoms with Crippen LogP contribution in [-0.2, 0) is 6.54 Å². The second-order valence-electron chi connectivity index (χ2n) is 2.80. The van der Waals surface area contributed by atoms with Gasteiger partial charge in [0.25, 0.3) is 0 Å². The minimum absolute atomic E-state index is 0.663. The van der Waals surface area contributed by atoms with Crippen molar-refractivity contribution >= 4 is 0 Å². The van der Waals surface area contributed by atoms with Crippen molar-refractivity contribution in [1.82, 2.24) is 5.32 Å². The minimum atomic E-state index is 0.663. The molecule has 0 unspecified atom stereocenters. The minimum Gasteiger partial charge on any atom is -0.302 e. The van der Waals surface area contributed by atoms with Crippen molar-refractivity contribution in [3.8, 4) is 17.9 Å². The number of nitriles is 1. The van der Waals surface area contributed by atoms with Crippen LogP contribution in [0.5, 0.6) is 0 Å². The van der Waals surface area contributed by atoms with Gasteiger partial charge in [-0.05, 0) is 18.6 Å². The van der Waals surface area contributed by atoms with Gasteiger partial charge in [-0.25, -0.2) is 0 Å². The topological polar surface area (TPSA) is 35.8 Å². The van der Waals surface area contributed by atoms with Gasteiger partial charge in [0.2, 0.25) is 0 Å². The number of rotatable bonds is 3. The number of hydrogen-bond acceptors (Lipinski definition) is 2. The summed E-state index contributed by atoms with van der Waals surface area (Å²) >= 11 is 0. The van der Waals surface area contributed by atoms with Gasteiger partial charge >= 0.3 is 0 Å². The first-order valence-corrected chi connectivity index (χ1v) is 4.47. The molecule has 70 valence electrons. The average Bonchev–Trinajstić information content (AvgIpc) is 2.25. The highest BCUT2D eigenvalue weighted by atomic mass is 14.8. The predicted octanol–water partition coefficient (Wildman–Crippen LogP) is 1.67. The summed E-state index contributed by atoms with van der Waals surface area (Å²) in [5, 5.41) is 12.0. The summed E-state index contributed by atoms with van der Waals surface area (Å²) in [5.41, 5.74) is 1.75. The summed E-state index contributed by atoms with van der Waals surface area (Å²) in [7, 11) is 0. The number of nitrogens with one attached hydrogen (secondary N) is 1. The van der Waals surface area contributed by atoms with Crippen LogP contribution in [-0.4, -0.2) is 6.54 Å². The van der Waals surface area contributed by atoms with Crippen LogP contribution < -0.4 is 5.32 Å². The normalized spacial score (nSPS) is 8.57. The maximum atomic E-state index is 8.82. The quantitative estimate of drug-likeness (QED) is 0.573. The van der Waals surface area contributed by atoms with E-state index in [-0.39, 0.29) is 0 Å². The molecule has 0 saturated heterocycles. The Labute approximate surface area is 84.6 Å². The van der Waals surface area contributed by atoms with Crippen molar-refractivity contribution in [3.05, 3.63) is 35.4 Å². The van der Waals surface area contributed by atoms with E-state index in [0.717, 1.165) is 11.1 Å². The van der Waals surface area contributed by atoms with E-state index in [1.165, 1.54) is 0 Å². The Morgan fingerprint density at radius 3 is 2.86 bits per heavy atom. The fraction of sp³-hybridized carbons (Fsp3) is 0.250. The monoisotopic (exact) mass is 184 g/mol. The zero-order valence-electron chi connectivity index (χ0n) is 8.17. The summed E-state index contributed by atoms with van der Waals surface area (Å²) in [6.07, 6.45) is 0. The molecule has 0 heterocycles. The average molecular weight is 184 g/mol. The van der Waals surface area contributed by atoms with Crippen LogP contribution in [0.3, 0.4) is 0 Å². The zero-order chi connectivity index (χ0) is 10.2. The lowest BCUT2D eigenvalue weighted by atomic mass is 10.1. The highest BCUT2D eigenvalue weighted by molar-refractivity contribution is 5.37. The smallest absolute Gasteiger partial charge is 0.0995 e. The van der Waals surface area contributed by atoms with E-state index < -0.39 is 0 Å². The van der Waals surface area contributed by atoms with E-state index in [1.54, 1.807) is 0 Å². The third-order valence-corrected chi connectivity index (χ3v) is 1.84. The largest absolute Gasteiger partial charge is 0.302 e. The van der Waals surface area contributed by atoms with Gasteiger partial charge in [0.05, 0.1) is 18.2 Å². The Hall–Kier alpha value is -1.77. The van der Waals surface area contributed by atoms with Crippen LogP contribution >= 0.6 is 0 Å². The number of hydrogen-bond donors (Lipinski definition) is 1. The first-order chi connectivity index (χ1) is 6.88. The Morgan fingerprint density at radius 1 is 1.36 bits per heavy atom. The molecule has 0 bridgehead atoms. The molecular formula is C12H12N2. The lowest BCUT2D eigenvalue weighted by Crippen LogP contribution is -2.13. The van der Waals surface area contributed by atoms with E-state index >= 15 is 0 Å². The maximum Gasteiger partial charge on any atom is 0.0995 e. The van der Waals surface area contributed by atoms with Crippen LogP contribution in [0.25, 0.3) is 0 Å². The van der Waals surface area contributed by atoms with E-state index in [9.17, 15) is 0 Å². The SMILES string of the molecule is CC#CCNCc1ccccc1C#N. The van der Waals surface area contributed by atoms with Crippen LogP contribution in [0.15, 0.2) is 24.3 Å². The molecule has 0 aliphatic rings.